The molecule has 0 aromatic heterocycles. The molecule has 1 saturated heterocycles. The third-order valence-electron chi connectivity index (χ3n) is 7.25. The lowest BCUT2D eigenvalue weighted by molar-refractivity contribution is 0.0894. The Hall–Kier alpha value is -2.48. The van der Waals surface area contributed by atoms with Crippen molar-refractivity contribution in [2.24, 2.45) is 0 Å². The van der Waals surface area contributed by atoms with Gasteiger partial charge in [-0.05, 0) is 88.2 Å². The summed E-state index contributed by atoms with van der Waals surface area (Å²) in [6, 6.07) is 10.2. The molecule has 0 aliphatic carbocycles. The lowest BCUT2D eigenvalue weighted by atomic mass is 9.95. The highest BCUT2D eigenvalue weighted by Gasteiger charge is 2.26. The van der Waals surface area contributed by atoms with Crippen LogP contribution < -0.4 is 10.6 Å². The van der Waals surface area contributed by atoms with Crippen LogP contribution in [0.15, 0.2) is 36.4 Å². The predicted molar refractivity (Wildman–Crippen MR) is 148 cm³/mol. The lowest BCUT2D eigenvalue weighted by Gasteiger charge is -2.37. The molecule has 1 fully saturated rings. The van der Waals surface area contributed by atoms with Gasteiger partial charge >= 0.3 is 0 Å². The topological polar surface area (TPSA) is 64.7 Å². The highest BCUT2D eigenvalue weighted by molar-refractivity contribution is 6.31. The summed E-state index contributed by atoms with van der Waals surface area (Å²) in [6.07, 6.45) is 4.00. The standard InChI is InChI=1S/C29H40ClFN4O2/c1-5-6-14-34(4)17-13-32-28(36)22-7-9-25(20(2)18-22)21(3)35-15-11-24(12-16-35)33-29(37)23-8-10-27(31)26(30)19-23/h7-10,18-19,21,24H,5-6,11-17H2,1-4H3,(H,32,36)(H,33,37). The van der Waals surface area contributed by atoms with Crippen LogP contribution in [0.2, 0.25) is 5.02 Å². The number of rotatable bonds is 11. The molecule has 2 aromatic rings. The summed E-state index contributed by atoms with van der Waals surface area (Å²) >= 11 is 5.82. The highest BCUT2D eigenvalue weighted by atomic mass is 35.5. The molecule has 0 saturated carbocycles. The van der Waals surface area contributed by atoms with Gasteiger partial charge < -0.3 is 15.5 Å². The largest absolute Gasteiger partial charge is 0.351 e. The summed E-state index contributed by atoms with van der Waals surface area (Å²) in [4.78, 5) is 29.8. The van der Waals surface area contributed by atoms with E-state index < -0.39 is 5.82 Å². The minimum Gasteiger partial charge on any atom is -0.351 e. The van der Waals surface area contributed by atoms with Crippen LogP contribution in [0.4, 0.5) is 4.39 Å². The zero-order valence-electron chi connectivity index (χ0n) is 22.4. The Morgan fingerprint density at radius 1 is 1.11 bits per heavy atom. The van der Waals surface area contributed by atoms with E-state index >= 15 is 0 Å². The number of likely N-dealkylation sites (tertiary alicyclic amines) is 1. The van der Waals surface area contributed by atoms with Gasteiger partial charge in [-0.15, -0.1) is 0 Å². The van der Waals surface area contributed by atoms with Crippen molar-refractivity contribution < 1.29 is 14.0 Å². The van der Waals surface area contributed by atoms with Crippen LogP contribution in [0.25, 0.3) is 0 Å². The predicted octanol–water partition coefficient (Wildman–Crippen LogP) is 5.20. The van der Waals surface area contributed by atoms with Crippen molar-refractivity contribution in [1.29, 1.82) is 0 Å². The third kappa shape index (κ3) is 8.25. The van der Waals surface area contributed by atoms with E-state index in [4.69, 9.17) is 11.6 Å². The number of hydrogen-bond acceptors (Lipinski definition) is 4. The number of benzene rings is 2. The van der Waals surface area contributed by atoms with Crippen molar-refractivity contribution in [3.05, 3.63) is 69.5 Å². The van der Waals surface area contributed by atoms with Gasteiger partial charge in [0.15, 0.2) is 0 Å². The molecule has 3 rings (SSSR count). The van der Waals surface area contributed by atoms with Crippen LogP contribution in [-0.2, 0) is 0 Å². The molecule has 1 aliphatic rings. The van der Waals surface area contributed by atoms with Crippen molar-refractivity contribution in [3.63, 3.8) is 0 Å². The fourth-order valence-electron chi connectivity index (χ4n) is 4.82. The van der Waals surface area contributed by atoms with Gasteiger partial charge in [0.05, 0.1) is 5.02 Å². The molecule has 0 radical (unpaired) electrons. The number of nitrogens with zero attached hydrogens (tertiary/aromatic N) is 2. The number of aryl methyl sites for hydroxylation is 1. The molecule has 2 amide bonds. The molecule has 0 spiro atoms. The summed E-state index contributed by atoms with van der Waals surface area (Å²) in [5.41, 5.74) is 3.36. The van der Waals surface area contributed by atoms with Gasteiger partial charge in [0.2, 0.25) is 0 Å². The van der Waals surface area contributed by atoms with Crippen LogP contribution in [0.5, 0.6) is 0 Å². The van der Waals surface area contributed by atoms with Gasteiger partial charge in [-0.1, -0.05) is 31.0 Å². The molecular formula is C29H40ClFN4O2. The maximum atomic E-state index is 13.4. The van der Waals surface area contributed by atoms with E-state index in [1.165, 1.54) is 36.6 Å². The second kappa shape index (κ2) is 13.9. The van der Waals surface area contributed by atoms with Gasteiger partial charge in [-0.3, -0.25) is 14.5 Å². The number of nitrogens with one attached hydrogen (secondary N) is 2. The van der Waals surface area contributed by atoms with Gasteiger partial charge in [0, 0.05) is 49.4 Å². The number of halogens is 2. The number of piperidine rings is 1. The number of carbonyl (C=O) groups excluding carboxylic acids is 2. The van der Waals surface area contributed by atoms with E-state index in [9.17, 15) is 14.0 Å². The van der Waals surface area contributed by atoms with Crippen LogP contribution >= 0.6 is 11.6 Å². The molecule has 6 nitrogen and oxygen atoms in total. The van der Waals surface area contributed by atoms with Crippen molar-refractivity contribution in [2.75, 3.05) is 39.8 Å². The number of likely N-dealkylation sites (N-methyl/N-ethyl adjacent to an activating group) is 1. The van der Waals surface area contributed by atoms with Crippen molar-refractivity contribution in [3.8, 4) is 0 Å². The van der Waals surface area contributed by atoms with E-state index in [0.29, 0.717) is 17.7 Å². The molecule has 1 aliphatic heterocycles. The fourth-order valence-corrected chi connectivity index (χ4v) is 5.00. The minimum absolute atomic E-state index is 0.0369. The molecule has 37 heavy (non-hydrogen) atoms. The average molecular weight is 531 g/mol. The molecule has 1 unspecified atom stereocenters. The van der Waals surface area contributed by atoms with Crippen molar-refractivity contribution in [2.45, 2.75) is 58.5 Å². The summed E-state index contributed by atoms with van der Waals surface area (Å²) in [7, 11) is 2.08. The fraction of sp³-hybridized carbons (Fsp3) is 0.517. The maximum absolute atomic E-state index is 13.4. The van der Waals surface area contributed by atoms with Crippen LogP contribution in [0.1, 0.15) is 77.4 Å². The van der Waals surface area contributed by atoms with Gasteiger partial charge in [0.25, 0.3) is 11.8 Å². The van der Waals surface area contributed by atoms with E-state index in [-0.39, 0.29) is 28.9 Å². The molecule has 2 aromatic carbocycles. The highest BCUT2D eigenvalue weighted by Crippen LogP contribution is 2.27. The van der Waals surface area contributed by atoms with E-state index in [1.54, 1.807) is 0 Å². The Bertz CT molecular complexity index is 1070. The molecule has 0 bridgehead atoms. The molecule has 1 atom stereocenters. The monoisotopic (exact) mass is 530 g/mol. The first-order chi connectivity index (χ1) is 17.7. The normalized spacial score (nSPS) is 15.5. The Balaban J connectivity index is 1.49. The molecule has 1 heterocycles. The summed E-state index contributed by atoms with van der Waals surface area (Å²) < 4.78 is 13.4. The first-order valence-corrected chi connectivity index (χ1v) is 13.6. The number of carbonyl (C=O) groups is 2. The Morgan fingerprint density at radius 2 is 1.78 bits per heavy atom. The maximum Gasteiger partial charge on any atom is 0.251 e. The molecular weight excluding hydrogens is 491 g/mol. The first-order valence-electron chi connectivity index (χ1n) is 13.3. The third-order valence-corrected chi connectivity index (χ3v) is 7.54. The van der Waals surface area contributed by atoms with Crippen LogP contribution in [0, 0.1) is 12.7 Å². The number of hydrogen-bond donors (Lipinski definition) is 2. The second-order valence-corrected chi connectivity index (χ2v) is 10.5. The van der Waals surface area contributed by atoms with E-state index in [1.807, 2.05) is 12.1 Å². The van der Waals surface area contributed by atoms with E-state index in [2.05, 4.69) is 54.3 Å². The Morgan fingerprint density at radius 3 is 2.43 bits per heavy atom. The summed E-state index contributed by atoms with van der Waals surface area (Å²) in [6.45, 7) is 10.6. The number of amides is 2. The lowest BCUT2D eigenvalue weighted by Crippen LogP contribution is -2.45. The first kappa shape index (κ1) is 29.1. The van der Waals surface area contributed by atoms with Gasteiger partial charge in [0.1, 0.15) is 5.82 Å². The Kier molecular flexibility index (Phi) is 10.9. The van der Waals surface area contributed by atoms with Crippen molar-refractivity contribution >= 4 is 23.4 Å². The number of unbranched alkanes of at least 4 members (excludes halogenated alkanes) is 1. The summed E-state index contributed by atoms with van der Waals surface area (Å²) in [5.74, 6) is -0.800. The van der Waals surface area contributed by atoms with Gasteiger partial charge in [-0.25, -0.2) is 4.39 Å². The quantitative estimate of drug-likeness (QED) is 0.419. The van der Waals surface area contributed by atoms with Crippen molar-refractivity contribution in [1.82, 2.24) is 20.4 Å². The average Bonchev–Trinajstić information content (AvgIpc) is 2.88. The SMILES string of the molecule is CCCCN(C)CCNC(=O)c1ccc(C(C)N2CCC(NC(=O)c3ccc(F)c(Cl)c3)CC2)c(C)c1. The Labute approximate surface area is 225 Å². The molecule has 8 heteroatoms. The second-order valence-electron chi connectivity index (χ2n) is 10.1. The van der Waals surface area contributed by atoms with E-state index in [0.717, 1.165) is 44.6 Å². The molecule has 202 valence electrons. The zero-order valence-corrected chi connectivity index (χ0v) is 23.2. The zero-order chi connectivity index (χ0) is 26.9. The van der Waals surface area contributed by atoms with Crippen LogP contribution in [-0.4, -0.2) is 67.4 Å². The summed E-state index contributed by atoms with van der Waals surface area (Å²) in [5, 5.41) is 6.03. The molecule has 2 N–H and O–H groups in total. The van der Waals surface area contributed by atoms with Gasteiger partial charge in [-0.2, -0.15) is 0 Å². The van der Waals surface area contributed by atoms with Crippen LogP contribution in [0.3, 0.4) is 0 Å². The minimum atomic E-state index is -0.532. The smallest absolute Gasteiger partial charge is 0.251 e.